The van der Waals surface area contributed by atoms with Gasteiger partial charge in [-0.1, -0.05) is 0 Å². The Labute approximate surface area is 62.8 Å². The Morgan fingerprint density at radius 1 is 1.10 bits per heavy atom. The molecule has 0 aromatic heterocycles. The molecule has 1 aliphatic heterocycles. The Morgan fingerprint density at radius 2 is 1.60 bits per heavy atom. The van der Waals surface area contributed by atoms with Crippen molar-refractivity contribution < 1.29 is 0 Å². The predicted molar refractivity (Wildman–Crippen MR) is 42.5 cm³/mol. The van der Waals surface area contributed by atoms with Gasteiger partial charge in [-0.05, 0) is 13.8 Å². The fourth-order valence-corrected chi connectivity index (χ4v) is 1.25. The highest BCUT2D eigenvalue weighted by Crippen LogP contribution is 2.01. The lowest BCUT2D eigenvalue weighted by molar-refractivity contribution is 0.109. The molecule has 0 atom stereocenters. The van der Waals surface area contributed by atoms with Crippen molar-refractivity contribution in [1.29, 1.82) is 0 Å². The van der Waals surface area contributed by atoms with Crippen molar-refractivity contribution in [3.8, 4) is 0 Å². The third-order valence-corrected chi connectivity index (χ3v) is 2.08. The first-order chi connectivity index (χ1) is 4.70. The van der Waals surface area contributed by atoms with Crippen LogP contribution in [0.15, 0.2) is 0 Å². The first-order valence-electron chi connectivity index (χ1n) is 3.94. The summed E-state index contributed by atoms with van der Waals surface area (Å²) >= 11 is 0. The molecule has 0 aliphatic carbocycles. The Morgan fingerprint density at radius 3 is 2.00 bits per heavy atom. The second-order valence-electron chi connectivity index (χ2n) is 3.17. The predicted octanol–water partition coefficient (Wildman–Crippen LogP) is -0.114. The standard InChI is InChI=1S/C7H17N3/c1-7(2)9-3-5-10(8)6-4-9/h7H,3-6,8H2,1-2H3. The maximum absolute atomic E-state index is 5.60. The van der Waals surface area contributed by atoms with Crippen LogP contribution in [0.25, 0.3) is 0 Å². The summed E-state index contributed by atoms with van der Waals surface area (Å²) in [5, 5.41) is 1.89. The quantitative estimate of drug-likeness (QED) is 0.520. The van der Waals surface area contributed by atoms with E-state index in [9.17, 15) is 0 Å². The van der Waals surface area contributed by atoms with Gasteiger partial charge in [-0.2, -0.15) is 0 Å². The van der Waals surface area contributed by atoms with Crippen LogP contribution >= 0.6 is 0 Å². The van der Waals surface area contributed by atoms with E-state index < -0.39 is 0 Å². The van der Waals surface area contributed by atoms with Gasteiger partial charge in [0, 0.05) is 32.2 Å². The molecule has 0 aromatic rings. The minimum atomic E-state index is 0.675. The van der Waals surface area contributed by atoms with E-state index in [-0.39, 0.29) is 0 Å². The normalized spacial score (nSPS) is 24.0. The van der Waals surface area contributed by atoms with Gasteiger partial charge >= 0.3 is 0 Å². The molecular weight excluding hydrogens is 126 g/mol. The summed E-state index contributed by atoms with van der Waals surface area (Å²) in [7, 11) is 0. The van der Waals surface area contributed by atoms with Crippen molar-refractivity contribution >= 4 is 0 Å². The highest BCUT2D eigenvalue weighted by atomic mass is 15.4. The minimum Gasteiger partial charge on any atom is -0.298 e. The van der Waals surface area contributed by atoms with Crippen LogP contribution in [-0.4, -0.2) is 42.1 Å². The Hall–Kier alpha value is -0.120. The van der Waals surface area contributed by atoms with Crippen LogP contribution in [0.2, 0.25) is 0 Å². The Bertz CT molecular complexity index is 95.0. The molecule has 1 rings (SSSR count). The molecule has 0 saturated carbocycles. The van der Waals surface area contributed by atoms with E-state index in [1.54, 1.807) is 0 Å². The fourth-order valence-electron chi connectivity index (χ4n) is 1.25. The van der Waals surface area contributed by atoms with Crippen LogP contribution in [0.5, 0.6) is 0 Å². The molecular formula is C7H17N3. The molecule has 1 fully saturated rings. The molecule has 60 valence electrons. The summed E-state index contributed by atoms with van der Waals surface area (Å²) in [6, 6.07) is 0.675. The number of hydrazine groups is 1. The maximum atomic E-state index is 5.60. The maximum Gasteiger partial charge on any atom is 0.0257 e. The van der Waals surface area contributed by atoms with Crippen molar-refractivity contribution in [2.45, 2.75) is 19.9 Å². The molecule has 0 aromatic carbocycles. The average Bonchev–Trinajstić information content (AvgIpc) is 1.88. The van der Waals surface area contributed by atoms with E-state index in [1.807, 2.05) is 5.01 Å². The molecule has 0 amide bonds. The lowest BCUT2D eigenvalue weighted by atomic mass is 10.2. The molecule has 2 N–H and O–H groups in total. The zero-order valence-corrected chi connectivity index (χ0v) is 6.88. The lowest BCUT2D eigenvalue weighted by Crippen LogP contribution is -2.51. The molecule has 0 spiro atoms. The molecule has 1 saturated heterocycles. The number of nitrogens with two attached hydrogens (primary N) is 1. The lowest BCUT2D eigenvalue weighted by Gasteiger charge is -2.34. The second kappa shape index (κ2) is 3.32. The molecule has 3 heteroatoms. The Balaban J connectivity index is 2.26. The monoisotopic (exact) mass is 143 g/mol. The van der Waals surface area contributed by atoms with E-state index in [2.05, 4.69) is 18.7 Å². The molecule has 0 bridgehead atoms. The van der Waals surface area contributed by atoms with Gasteiger partial charge in [-0.3, -0.25) is 10.7 Å². The van der Waals surface area contributed by atoms with E-state index in [4.69, 9.17) is 5.84 Å². The van der Waals surface area contributed by atoms with Gasteiger partial charge in [-0.25, -0.2) is 5.01 Å². The largest absolute Gasteiger partial charge is 0.298 e. The van der Waals surface area contributed by atoms with Gasteiger partial charge < -0.3 is 0 Å². The molecule has 0 unspecified atom stereocenters. The van der Waals surface area contributed by atoms with Crippen molar-refractivity contribution in [3.63, 3.8) is 0 Å². The van der Waals surface area contributed by atoms with E-state index in [0.717, 1.165) is 26.2 Å². The number of nitrogens with zero attached hydrogens (tertiary/aromatic N) is 2. The van der Waals surface area contributed by atoms with Gasteiger partial charge in [0.15, 0.2) is 0 Å². The first-order valence-corrected chi connectivity index (χ1v) is 3.94. The van der Waals surface area contributed by atoms with E-state index >= 15 is 0 Å². The van der Waals surface area contributed by atoms with E-state index in [1.165, 1.54) is 0 Å². The van der Waals surface area contributed by atoms with Crippen LogP contribution in [0.3, 0.4) is 0 Å². The highest BCUT2D eigenvalue weighted by Gasteiger charge is 2.15. The third-order valence-electron chi connectivity index (χ3n) is 2.08. The summed E-state index contributed by atoms with van der Waals surface area (Å²) in [4.78, 5) is 2.45. The fraction of sp³-hybridized carbons (Fsp3) is 1.00. The van der Waals surface area contributed by atoms with Gasteiger partial charge in [0.25, 0.3) is 0 Å². The topological polar surface area (TPSA) is 32.5 Å². The number of rotatable bonds is 1. The van der Waals surface area contributed by atoms with Crippen molar-refractivity contribution in [2.75, 3.05) is 26.2 Å². The zero-order chi connectivity index (χ0) is 7.56. The molecule has 3 nitrogen and oxygen atoms in total. The van der Waals surface area contributed by atoms with Crippen molar-refractivity contribution in [1.82, 2.24) is 9.91 Å². The van der Waals surface area contributed by atoms with Crippen LogP contribution < -0.4 is 5.84 Å². The van der Waals surface area contributed by atoms with Crippen molar-refractivity contribution in [2.24, 2.45) is 5.84 Å². The van der Waals surface area contributed by atoms with Gasteiger partial charge in [0.1, 0.15) is 0 Å². The molecule has 10 heavy (non-hydrogen) atoms. The van der Waals surface area contributed by atoms with Crippen LogP contribution in [0, 0.1) is 0 Å². The molecule has 1 heterocycles. The minimum absolute atomic E-state index is 0.675. The van der Waals surface area contributed by atoms with Gasteiger partial charge in [0.2, 0.25) is 0 Å². The van der Waals surface area contributed by atoms with Crippen LogP contribution in [0.1, 0.15) is 13.8 Å². The number of piperazine rings is 1. The summed E-state index contributed by atoms with van der Waals surface area (Å²) < 4.78 is 0. The smallest absolute Gasteiger partial charge is 0.0257 e. The average molecular weight is 143 g/mol. The summed E-state index contributed by atoms with van der Waals surface area (Å²) in [6.45, 7) is 8.72. The third kappa shape index (κ3) is 1.94. The Kier molecular flexibility index (Phi) is 2.65. The summed E-state index contributed by atoms with van der Waals surface area (Å²) in [5.74, 6) is 5.60. The number of hydrogen-bond donors (Lipinski definition) is 1. The summed E-state index contributed by atoms with van der Waals surface area (Å²) in [5.41, 5.74) is 0. The second-order valence-corrected chi connectivity index (χ2v) is 3.17. The summed E-state index contributed by atoms with van der Waals surface area (Å²) in [6.07, 6.45) is 0. The molecule has 0 radical (unpaired) electrons. The van der Waals surface area contributed by atoms with Gasteiger partial charge in [0.05, 0.1) is 0 Å². The SMILES string of the molecule is CC(C)N1CCN(N)CC1. The van der Waals surface area contributed by atoms with Crippen LogP contribution in [0.4, 0.5) is 0 Å². The number of hydrogen-bond acceptors (Lipinski definition) is 3. The van der Waals surface area contributed by atoms with Gasteiger partial charge in [-0.15, -0.1) is 0 Å². The van der Waals surface area contributed by atoms with Crippen molar-refractivity contribution in [3.05, 3.63) is 0 Å². The highest BCUT2D eigenvalue weighted by molar-refractivity contribution is 4.70. The molecule has 1 aliphatic rings. The van der Waals surface area contributed by atoms with E-state index in [0.29, 0.717) is 6.04 Å². The first kappa shape index (κ1) is 7.98. The van der Waals surface area contributed by atoms with Crippen LogP contribution in [-0.2, 0) is 0 Å². The zero-order valence-electron chi connectivity index (χ0n) is 6.88.